The van der Waals surface area contributed by atoms with Crippen LogP contribution in [0.3, 0.4) is 0 Å². The number of aromatic hydroxyl groups is 2. The van der Waals surface area contributed by atoms with E-state index >= 15 is 0 Å². The molecule has 0 saturated heterocycles. The number of phenols is 2. The SMILES string of the molecule is O=S(=O)([O-])c1cc(O)ccc1O.[K+]. The summed E-state index contributed by atoms with van der Waals surface area (Å²) in [6, 6.07) is 2.70. The summed E-state index contributed by atoms with van der Waals surface area (Å²) in [5.74, 6) is -1.05. The molecule has 0 unspecified atom stereocenters. The monoisotopic (exact) mass is 228 g/mol. The average molecular weight is 228 g/mol. The second-order valence-corrected chi connectivity index (χ2v) is 3.45. The van der Waals surface area contributed by atoms with E-state index in [1.807, 2.05) is 0 Å². The maximum Gasteiger partial charge on any atom is 1.00 e. The zero-order valence-electron chi connectivity index (χ0n) is 6.76. The summed E-state index contributed by atoms with van der Waals surface area (Å²) in [7, 11) is -4.72. The van der Waals surface area contributed by atoms with Crippen LogP contribution in [0.5, 0.6) is 11.5 Å². The number of rotatable bonds is 1. The van der Waals surface area contributed by atoms with Gasteiger partial charge in [-0.3, -0.25) is 0 Å². The van der Waals surface area contributed by atoms with E-state index in [0.29, 0.717) is 6.07 Å². The summed E-state index contributed by atoms with van der Waals surface area (Å²) in [4.78, 5) is -0.817. The maximum absolute atomic E-state index is 10.4. The molecule has 0 aromatic heterocycles. The summed E-state index contributed by atoms with van der Waals surface area (Å²) >= 11 is 0. The van der Waals surface area contributed by atoms with Gasteiger partial charge in [-0.2, -0.15) is 0 Å². The molecular formula is C6H5KO5S. The molecule has 1 aromatic carbocycles. The van der Waals surface area contributed by atoms with Crippen LogP contribution in [-0.4, -0.2) is 23.2 Å². The number of hydrogen-bond donors (Lipinski definition) is 2. The minimum absolute atomic E-state index is 0. The van der Waals surface area contributed by atoms with Crippen molar-refractivity contribution < 1.29 is 74.6 Å². The van der Waals surface area contributed by atoms with Crippen LogP contribution in [0, 0.1) is 0 Å². The Labute approximate surface area is 118 Å². The van der Waals surface area contributed by atoms with Gasteiger partial charge in [0.1, 0.15) is 21.6 Å². The van der Waals surface area contributed by atoms with E-state index in [1.54, 1.807) is 0 Å². The van der Waals surface area contributed by atoms with Gasteiger partial charge in [0.15, 0.2) is 0 Å². The Balaban J connectivity index is 0.00000144. The van der Waals surface area contributed by atoms with Crippen molar-refractivity contribution in [3.63, 3.8) is 0 Å². The molecule has 0 amide bonds. The van der Waals surface area contributed by atoms with Crippen molar-refractivity contribution in [3.05, 3.63) is 18.2 Å². The molecule has 0 saturated carbocycles. The van der Waals surface area contributed by atoms with Crippen LogP contribution in [0.4, 0.5) is 0 Å². The van der Waals surface area contributed by atoms with Crippen molar-refractivity contribution in [2.45, 2.75) is 4.90 Å². The van der Waals surface area contributed by atoms with Gasteiger partial charge in [0, 0.05) is 6.07 Å². The van der Waals surface area contributed by atoms with Gasteiger partial charge in [-0.1, -0.05) is 0 Å². The molecule has 0 spiro atoms. The molecule has 1 rings (SSSR count). The largest absolute Gasteiger partial charge is 1.00 e. The molecule has 0 heterocycles. The summed E-state index contributed by atoms with van der Waals surface area (Å²) in [5.41, 5.74) is 0. The quantitative estimate of drug-likeness (QED) is 0.303. The van der Waals surface area contributed by atoms with E-state index in [2.05, 4.69) is 0 Å². The van der Waals surface area contributed by atoms with Crippen molar-refractivity contribution in [2.24, 2.45) is 0 Å². The maximum atomic E-state index is 10.4. The Kier molecular flexibility index (Phi) is 4.87. The molecule has 0 bridgehead atoms. The Bertz CT molecular complexity index is 399. The molecule has 2 N–H and O–H groups in total. The van der Waals surface area contributed by atoms with E-state index < -0.39 is 20.8 Å². The summed E-state index contributed by atoms with van der Waals surface area (Å²) in [5, 5.41) is 17.7. The third-order valence-corrected chi connectivity index (χ3v) is 2.08. The Morgan fingerprint density at radius 1 is 1.23 bits per heavy atom. The van der Waals surface area contributed by atoms with Crippen LogP contribution in [0.1, 0.15) is 0 Å². The molecule has 7 heteroatoms. The smallest absolute Gasteiger partial charge is 0.744 e. The molecule has 66 valence electrons. The fourth-order valence-electron chi connectivity index (χ4n) is 0.703. The van der Waals surface area contributed by atoms with Gasteiger partial charge in [-0.05, 0) is 12.1 Å². The number of benzene rings is 1. The van der Waals surface area contributed by atoms with Crippen molar-refractivity contribution in [2.75, 3.05) is 0 Å². The van der Waals surface area contributed by atoms with Gasteiger partial charge in [0.05, 0.1) is 4.90 Å². The Morgan fingerprint density at radius 2 is 1.77 bits per heavy atom. The Morgan fingerprint density at radius 3 is 2.15 bits per heavy atom. The van der Waals surface area contributed by atoms with Gasteiger partial charge >= 0.3 is 51.4 Å². The van der Waals surface area contributed by atoms with Crippen molar-refractivity contribution in [1.82, 2.24) is 0 Å². The molecule has 5 nitrogen and oxygen atoms in total. The molecule has 0 aliphatic heterocycles. The topological polar surface area (TPSA) is 97.7 Å². The van der Waals surface area contributed by atoms with Gasteiger partial charge < -0.3 is 14.8 Å². The molecule has 0 aliphatic rings. The minimum atomic E-state index is -4.72. The van der Waals surface area contributed by atoms with Gasteiger partial charge in [-0.25, -0.2) is 8.42 Å². The standard InChI is InChI=1S/C6H6O5S.K/c7-4-1-2-5(8)6(3-4)12(9,10)11;/h1-3,7-8H,(H,9,10,11);/q;+1/p-1. The normalized spacial score (nSPS) is 10.5. The van der Waals surface area contributed by atoms with Crippen LogP contribution in [-0.2, 0) is 10.1 Å². The van der Waals surface area contributed by atoms with Gasteiger partial charge in [0.2, 0.25) is 0 Å². The van der Waals surface area contributed by atoms with Crippen LogP contribution in [0.25, 0.3) is 0 Å². The second-order valence-electron chi connectivity index (χ2n) is 2.11. The fraction of sp³-hybridized carbons (Fsp3) is 0. The van der Waals surface area contributed by atoms with E-state index in [-0.39, 0.29) is 57.1 Å². The average Bonchev–Trinajstić information content (AvgIpc) is 1.92. The zero-order chi connectivity index (χ0) is 9.35. The fourth-order valence-corrected chi connectivity index (χ4v) is 1.29. The minimum Gasteiger partial charge on any atom is -0.744 e. The van der Waals surface area contributed by atoms with Crippen molar-refractivity contribution >= 4 is 10.1 Å². The molecule has 0 fully saturated rings. The first-order chi connectivity index (χ1) is 5.41. The second kappa shape index (κ2) is 4.74. The molecule has 13 heavy (non-hydrogen) atoms. The summed E-state index contributed by atoms with van der Waals surface area (Å²) in [6.07, 6.45) is 0. The first-order valence-corrected chi connectivity index (χ1v) is 4.30. The van der Waals surface area contributed by atoms with Gasteiger partial charge in [0.25, 0.3) is 0 Å². The van der Waals surface area contributed by atoms with Crippen LogP contribution in [0.15, 0.2) is 23.1 Å². The van der Waals surface area contributed by atoms with E-state index in [4.69, 9.17) is 10.2 Å². The zero-order valence-corrected chi connectivity index (χ0v) is 10.7. The third-order valence-electron chi connectivity index (χ3n) is 1.21. The summed E-state index contributed by atoms with van der Waals surface area (Å²) < 4.78 is 31.1. The van der Waals surface area contributed by atoms with E-state index in [1.165, 1.54) is 0 Å². The Hall–Kier alpha value is 0.366. The van der Waals surface area contributed by atoms with Crippen LogP contribution >= 0.6 is 0 Å². The van der Waals surface area contributed by atoms with E-state index in [0.717, 1.165) is 12.1 Å². The summed E-state index contributed by atoms with van der Waals surface area (Å²) in [6.45, 7) is 0. The number of hydrogen-bond acceptors (Lipinski definition) is 5. The van der Waals surface area contributed by atoms with Crippen LogP contribution < -0.4 is 51.4 Å². The van der Waals surface area contributed by atoms with Crippen molar-refractivity contribution in [3.8, 4) is 11.5 Å². The molecule has 0 radical (unpaired) electrons. The van der Waals surface area contributed by atoms with Gasteiger partial charge in [-0.15, -0.1) is 0 Å². The molecule has 0 aliphatic carbocycles. The van der Waals surface area contributed by atoms with Crippen molar-refractivity contribution in [1.29, 1.82) is 0 Å². The first kappa shape index (κ1) is 13.4. The van der Waals surface area contributed by atoms with Crippen LogP contribution in [0.2, 0.25) is 0 Å². The molecule has 0 atom stereocenters. The van der Waals surface area contributed by atoms with E-state index in [9.17, 15) is 13.0 Å². The number of phenolic OH excluding ortho intramolecular Hbond substituents is 2. The molecular weight excluding hydrogens is 223 g/mol. The molecule has 1 aromatic rings. The predicted octanol–water partition coefficient (Wildman–Crippen LogP) is -2.99. The third kappa shape index (κ3) is 3.54. The predicted molar refractivity (Wildman–Crippen MR) is 37.7 cm³/mol. The first-order valence-electron chi connectivity index (χ1n) is 2.89.